The molecule has 2 atom stereocenters. The molecule has 0 aliphatic heterocycles. The SMILES string of the molecule is O=P(O)(O)C(O)C(c1ccccn1)P(=O)(O)O.[H-].[Na+]. The number of aliphatic hydroxyl groups is 1. The average Bonchev–Trinajstić information content (AvgIpc) is 2.15. The summed E-state index contributed by atoms with van der Waals surface area (Å²) < 4.78 is 22.0. The Bertz CT molecular complexity index is 478. The molecule has 0 fully saturated rings. The quantitative estimate of drug-likeness (QED) is 0.290. The zero-order valence-electron chi connectivity index (χ0n) is 10.4. The van der Waals surface area contributed by atoms with Crippen LogP contribution in [0.2, 0.25) is 0 Å². The number of pyridine rings is 1. The van der Waals surface area contributed by atoms with E-state index >= 15 is 0 Å². The van der Waals surface area contributed by atoms with Crippen LogP contribution in [0, 0.1) is 0 Å². The van der Waals surface area contributed by atoms with Crippen molar-refractivity contribution in [1.82, 2.24) is 4.98 Å². The van der Waals surface area contributed by atoms with Crippen molar-refractivity contribution in [3.05, 3.63) is 30.1 Å². The second kappa shape index (κ2) is 6.72. The first-order valence-electron chi connectivity index (χ1n) is 4.33. The summed E-state index contributed by atoms with van der Waals surface area (Å²) >= 11 is 0. The first-order valence-corrected chi connectivity index (χ1v) is 7.70. The summed E-state index contributed by atoms with van der Waals surface area (Å²) in [6.07, 6.45) is 1.20. The third-order valence-electron chi connectivity index (χ3n) is 1.98. The Hall–Kier alpha value is 0.410. The minimum absolute atomic E-state index is 0. The van der Waals surface area contributed by atoms with Gasteiger partial charge in [-0.1, -0.05) is 6.07 Å². The number of rotatable bonds is 4. The van der Waals surface area contributed by atoms with Crippen molar-refractivity contribution in [2.45, 2.75) is 11.5 Å². The van der Waals surface area contributed by atoms with Crippen LogP contribution in [0.15, 0.2) is 24.4 Å². The van der Waals surface area contributed by atoms with Crippen LogP contribution in [-0.2, 0) is 9.13 Å². The van der Waals surface area contributed by atoms with Gasteiger partial charge in [-0.05, 0) is 12.1 Å². The van der Waals surface area contributed by atoms with Gasteiger partial charge in [-0.2, -0.15) is 0 Å². The van der Waals surface area contributed by atoms with Crippen molar-refractivity contribution in [2.24, 2.45) is 0 Å². The molecule has 0 aliphatic carbocycles. The van der Waals surface area contributed by atoms with Crippen LogP contribution in [0.4, 0.5) is 0 Å². The Balaban J connectivity index is 0. The molecule has 11 heteroatoms. The maximum Gasteiger partial charge on any atom is 1.00 e. The normalized spacial score (nSPS) is 15.6. The molecule has 0 amide bonds. The van der Waals surface area contributed by atoms with Gasteiger partial charge in [0.15, 0.2) is 5.85 Å². The number of hydrogen-bond acceptors (Lipinski definition) is 4. The van der Waals surface area contributed by atoms with Crippen molar-refractivity contribution in [3.63, 3.8) is 0 Å². The van der Waals surface area contributed by atoms with E-state index in [2.05, 4.69) is 4.98 Å². The molecule has 1 rings (SSSR count). The maximum absolute atomic E-state index is 11.2. The predicted molar refractivity (Wildman–Crippen MR) is 58.2 cm³/mol. The molecule has 18 heavy (non-hydrogen) atoms. The third-order valence-corrected chi connectivity index (χ3v) is 4.47. The summed E-state index contributed by atoms with van der Waals surface area (Å²) in [4.78, 5) is 39.2. The van der Waals surface area contributed by atoms with Crippen LogP contribution in [0.25, 0.3) is 0 Å². The molecule has 0 saturated carbocycles. The monoisotopic (exact) mass is 307 g/mol. The van der Waals surface area contributed by atoms with Gasteiger partial charge in [0.1, 0.15) is 5.66 Å². The van der Waals surface area contributed by atoms with Crippen LogP contribution in [0.3, 0.4) is 0 Å². The zero-order chi connectivity index (χ0) is 13.3. The molecule has 0 spiro atoms. The van der Waals surface area contributed by atoms with Crippen LogP contribution in [0.1, 0.15) is 12.8 Å². The molecular formula is C7H12NNaO7P2. The van der Waals surface area contributed by atoms with Crippen molar-refractivity contribution < 1.29 is 64.8 Å². The van der Waals surface area contributed by atoms with Crippen LogP contribution < -0.4 is 29.6 Å². The molecule has 1 aromatic rings. The van der Waals surface area contributed by atoms with Gasteiger partial charge in [0, 0.05) is 6.20 Å². The minimum atomic E-state index is -5.05. The number of hydrogen-bond donors (Lipinski definition) is 5. The third kappa shape index (κ3) is 4.83. The van der Waals surface area contributed by atoms with Gasteiger partial charge in [0.25, 0.3) is 0 Å². The fourth-order valence-corrected chi connectivity index (χ4v) is 3.64. The predicted octanol–water partition coefficient (Wildman–Crippen LogP) is -3.09. The van der Waals surface area contributed by atoms with Crippen molar-refractivity contribution in [1.29, 1.82) is 0 Å². The Kier molecular flexibility index (Phi) is 6.87. The Morgan fingerprint density at radius 3 is 2.00 bits per heavy atom. The molecule has 0 saturated heterocycles. The molecule has 98 valence electrons. The van der Waals surface area contributed by atoms with Crippen LogP contribution >= 0.6 is 15.2 Å². The fraction of sp³-hybridized carbons (Fsp3) is 0.286. The van der Waals surface area contributed by atoms with Crippen molar-refractivity contribution in [2.75, 3.05) is 0 Å². The molecule has 2 unspecified atom stereocenters. The summed E-state index contributed by atoms with van der Waals surface area (Å²) in [5, 5.41) is 9.34. The van der Waals surface area contributed by atoms with E-state index in [1.165, 1.54) is 24.4 Å². The van der Waals surface area contributed by atoms with E-state index in [0.717, 1.165) is 0 Å². The van der Waals surface area contributed by atoms with E-state index in [9.17, 15) is 14.2 Å². The second-order valence-electron chi connectivity index (χ2n) is 3.29. The van der Waals surface area contributed by atoms with Crippen LogP contribution in [-0.4, -0.2) is 35.5 Å². The van der Waals surface area contributed by atoms with Gasteiger partial charge in [-0.15, -0.1) is 0 Å². The Morgan fingerprint density at radius 2 is 1.67 bits per heavy atom. The summed E-state index contributed by atoms with van der Waals surface area (Å²) in [6, 6.07) is 4.02. The molecule has 0 bridgehead atoms. The molecule has 5 N–H and O–H groups in total. The van der Waals surface area contributed by atoms with E-state index < -0.39 is 26.7 Å². The van der Waals surface area contributed by atoms with Gasteiger partial charge in [0.2, 0.25) is 0 Å². The van der Waals surface area contributed by atoms with Gasteiger partial charge in [0.05, 0.1) is 5.69 Å². The second-order valence-corrected chi connectivity index (χ2v) is 6.73. The fourth-order valence-electron chi connectivity index (χ4n) is 1.23. The van der Waals surface area contributed by atoms with E-state index in [-0.39, 0.29) is 36.7 Å². The number of aliphatic hydroxyl groups excluding tert-OH is 1. The van der Waals surface area contributed by atoms with Gasteiger partial charge < -0.3 is 26.1 Å². The topological polar surface area (TPSA) is 148 Å². The molecule has 1 aromatic heterocycles. The molecule has 1 heterocycles. The Labute approximate surface area is 126 Å². The first kappa shape index (κ1) is 18.4. The standard InChI is InChI=1S/C7H11NO7P2.Na.H/c9-7(17(13,14)15)6(16(10,11)12)5-3-1-2-4-8-5;;/h1-4,6-7,9H,(H2,10,11,12)(H2,13,14,15);;/q;+1;-1. The van der Waals surface area contributed by atoms with Gasteiger partial charge in [-0.3, -0.25) is 14.1 Å². The number of nitrogens with zero attached hydrogens (tertiary/aromatic N) is 1. The van der Waals surface area contributed by atoms with E-state index in [1.807, 2.05) is 0 Å². The smallest absolute Gasteiger partial charge is 1.00 e. The van der Waals surface area contributed by atoms with E-state index in [4.69, 9.17) is 19.6 Å². The van der Waals surface area contributed by atoms with E-state index in [1.54, 1.807) is 0 Å². The zero-order valence-corrected chi connectivity index (χ0v) is 13.1. The molecule has 0 aliphatic rings. The molecule has 0 aromatic carbocycles. The average molecular weight is 307 g/mol. The van der Waals surface area contributed by atoms with Crippen LogP contribution in [0.5, 0.6) is 0 Å². The Morgan fingerprint density at radius 1 is 1.11 bits per heavy atom. The molecular weight excluding hydrogens is 295 g/mol. The first-order chi connectivity index (χ1) is 7.64. The van der Waals surface area contributed by atoms with E-state index in [0.29, 0.717) is 0 Å². The van der Waals surface area contributed by atoms with Crippen molar-refractivity contribution >= 4 is 15.2 Å². The number of aromatic nitrogens is 1. The summed E-state index contributed by atoms with van der Waals surface area (Å²) in [7, 11) is -10.0. The maximum atomic E-state index is 11.2. The summed E-state index contributed by atoms with van der Waals surface area (Å²) in [5.74, 6) is -2.50. The summed E-state index contributed by atoms with van der Waals surface area (Å²) in [5.41, 5.74) is -2.33. The van der Waals surface area contributed by atoms with Crippen molar-refractivity contribution in [3.8, 4) is 0 Å². The summed E-state index contributed by atoms with van der Waals surface area (Å²) in [6.45, 7) is 0. The van der Waals surface area contributed by atoms with Gasteiger partial charge >= 0.3 is 44.7 Å². The largest absolute Gasteiger partial charge is 1.00 e. The molecule has 0 radical (unpaired) electrons. The minimum Gasteiger partial charge on any atom is -1.00 e. The van der Waals surface area contributed by atoms with Gasteiger partial charge in [-0.25, -0.2) is 0 Å². The molecule has 8 nitrogen and oxygen atoms in total.